The van der Waals surface area contributed by atoms with E-state index in [0.29, 0.717) is 36.8 Å². The SMILES string of the molecule is CC1(C)C2=C3C=C4C5=[N+](CCC4OC3CCN2C2CCC(CC(=O)O)CC21)C1CCC(CC(=O)O)CC1C5(C)C. The van der Waals surface area contributed by atoms with E-state index in [1.165, 1.54) is 22.6 Å². The van der Waals surface area contributed by atoms with Gasteiger partial charge in [-0.05, 0) is 76.2 Å². The molecule has 2 N–H and O–H groups in total. The van der Waals surface area contributed by atoms with Crippen LogP contribution in [-0.4, -0.2) is 74.7 Å². The summed E-state index contributed by atoms with van der Waals surface area (Å²) in [6.45, 7) is 11.7. The third-order valence-electron chi connectivity index (χ3n) is 12.4. The molecule has 0 spiro atoms. The van der Waals surface area contributed by atoms with E-state index >= 15 is 0 Å². The summed E-state index contributed by atoms with van der Waals surface area (Å²) >= 11 is 0. The summed E-state index contributed by atoms with van der Waals surface area (Å²) in [5, 5.41) is 19.0. The number of ether oxygens (including phenoxy) is 1. The van der Waals surface area contributed by atoms with Crippen LogP contribution in [0.15, 0.2) is 22.9 Å². The minimum atomic E-state index is -0.663. The van der Waals surface area contributed by atoms with Crippen LogP contribution in [0.25, 0.3) is 0 Å². The quantitative estimate of drug-likeness (QED) is 0.473. The molecule has 8 unspecified atom stereocenters. The van der Waals surface area contributed by atoms with Crippen molar-refractivity contribution in [3.63, 3.8) is 0 Å². The third-order valence-corrected chi connectivity index (χ3v) is 12.4. The topological polar surface area (TPSA) is 90.1 Å². The number of hydrogen-bond acceptors (Lipinski definition) is 4. The summed E-state index contributed by atoms with van der Waals surface area (Å²) in [5.41, 5.74) is 5.68. The minimum absolute atomic E-state index is 0.00858. The Balaban J connectivity index is 1.26. The highest BCUT2D eigenvalue weighted by Crippen LogP contribution is 2.59. The average Bonchev–Trinajstić information content (AvgIpc) is 3.26. The van der Waals surface area contributed by atoms with Gasteiger partial charge in [-0.3, -0.25) is 9.59 Å². The van der Waals surface area contributed by atoms with E-state index in [-0.39, 0.29) is 34.9 Å². The summed E-state index contributed by atoms with van der Waals surface area (Å²) in [6, 6.07) is 1.01. The molecule has 2 saturated carbocycles. The zero-order valence-corrected chi connectivity index (χ0v) is 24.7. The number of nitrogens with zero attached hydrogens (tertiary/aromatic N) is 2. The van der Waals surface area contributed by atoms with Crippen molar-refractivity contribution in [2.75, 3.05) is 13.1 Å². The van der Waals surface area contributed by atoms with E-state index in [9.17, 15) is 19.8 Å². The second-order valence-electron chi connectivity index (χ2n) is 15.2. The molecule has 40 heavy (non-hydrogen) atoms. The van der Waals surface area contributed by atoms with Crippen molar-refractivity contribution in [3.05, 3.63) is 22.9 Å². The van der Waals surface area contributed by atoms with Crippen LogP contribution in [0.2, 0.25) is 0 Å². The molecule has 3 fully saturated rings. The van der Waals surface area contributed by atoms with E-state index in [1.807, 2.05) is 0 Å². The monoisotopic (exact) mass is 551 g/mol. The Morgan fingerprint density at radius 1 is 0.900 bits per heavy atom. The normalized spacial score (nSPS) is 40.8. The lowest BCUT2D eigenvalue weighted by Crippen LogP contribution is -2.47. The van der Waals surface area contributed by atoms with Gasteiger partial charge in [0.25, 0.3) is 0 Å². The molecular formula is C33H47N2O5+. The predicted molar refractivity (Wildman–Crippen MR) is 151 cm³/mol. The fourth-order valence-electron chi connectivity index (χ4n) is 10.8. The van der Waals surface area contributed by atoms with Gasteiger partial charge in [-0.2, -0.15) is 0 Å². The van der Waals surface area contributed by atoms with Crippen LogP contribution >= 0.6 is 0 Å². The highest BCUT2D eigenvalue weighted by atomic mass is 16.5. The van der Waals surface area contributed by atoms with Crippen molar-refractivity contribution in [2.45, 2.75) is 116 Å². The van der Waals surface area contributed by atoms with Gasteiger partial charge in [0, 0.05) is 66.4 Å². The fourth-order valence-corrected chi connectivity index (χ4v) is 10.8. The summed E-state index contributed by atoms with van der Waals surface area (Å²) in [4.78, 5) is 25.7. The summed E-state index contributed by atoms with van der Waals surface area (Å²) in [7, 11) is 0. The molecule has 218 valence electrons. The number of rotatable bonds is 4. The van der Waals surface area contributed by atoms with Crippen LogP contribution in [0.1, 0.15) is 91.9 Å². The third kappa shape index (κ3) is 3.89. The lowest BCUT2D eigenvalue weighted by molar-refractivity contribution is -0.571. The molecule has 2 aliphatic carbocycles. The van der Waals surface area contributed by atoms with Gasteiger partial charge in [0.1, 0.15) is 6.54 Å². The number of hydrogen-bond donors (Lipinski definition) is 2. The Kier molecular flexibility index (Phi) is 6.13. The second kappa shape index (κ2) is 9.17. The van der Waals surface area contributed by atoms with Gasteiger partial charge < -0.3 is 19.8 Å². The average molecular weight is 552 g/mol. The molecular weight excluding hydrogens is 504 g/mol. The number of fused-ring (bicyclic) bond motifs is 8. The van der Waals surface area contributed by atoms with Crippen LogP contribution in [-0.2, 0) is 14.3 Å². The van der Waals surface area contributed by atoms with Gasteiger partial charge >= 0.3 is 11.9 Å². The van der Waals surface area contributed by atoms with Crippen LogP contribution < -0.4 is 0 Å². The molecule has 7 aliphatic rings. The van der Waals surface area contributed by atoms with Crippen molar-refractivity contribution < 1.29 is 29.1 Å². The standard InChI is InChI=1S/C33H46N2O5/c1-32(2)22-13-18(15-28(36)37)5-7-24(22)34-11-9-26-20(30(32)34)17-21-27(40-26)10-12-35-25-8-6-19(16-29(38)39)14-23(25)33(3,4)31(21)35/h17-19,22-27H,5-16H2,1-4H3,(H-,36,37,38,39)/p+1. The number of carboxylic acids is 2. The lowest BCUT2D eigenvalue weighted by atomic mass is 9.64. The summed E-state index contributed by atoms with van der Waals surface area (Å²) in [6.07, 6.45) is 11.7. The Bertz CT molecular complexity index is 1230. The molecule has 5 heterocycles. The van der Waals surface area contributed by atoms with E-state index in [2.05, 4.69) is 43.2 Å². The first kappa shape index (κ1) is 26.7. The fraction of sp³-hybridized carbons (Fsp3) is 0.788. The summed E-state index contributed by atoms with van der Waals surface area (Å²) < 4.78 is 9.70. The molecule has 7 heteroatoms. The number of allylic oxidation sites excluding steroid dienone is 1. The largest absolute Gasteiger partial charge is 0.481 e. The molecule has 0 radical (unpaired) electrons. The van der Waals surface area contributed by atoms with Crippen LogP contribution in [0, 0.1) is 34.5 Å². The molecule has 0 amide bonds. The summed E-state index contributed by atoms with van der Waals surface area (Å²) in [5.74, 6) is 0.194. The zero-order chi connectivity index (χ0) is 28.1. The highest BCUT2D eigenvalue weighted by Gasteiger charge is 2.61. The van der Waals surface area contributed by atoms with Crippen LogP contribution in [0.3, 0.4) is 0 Å². The van der Waals surface area contributed by atoms with Gasteiger partial charge in [0.15, 0.2) is 11.8 Å². The molecule has 0 aromatic heterocycles. The second-order valence-corrected chi connectivity index (χ2v) is 15.2. The number of carbonyl (C=O) groups is 2. The van der Waals surface area contributed by atoms with E-state index in [0.717, 1.165) is 64.5 Å². The first-order chi connectivity index (χ1) is 19.0. The molecule has 5 aliphatic heterocycles. The van der Waals surface area contributed by atoms with Crippen molar-refractivity contribution in [3.8, 4) is 0 Å². The van der Waals surface area contributed by atoms with Crippen molar-refractivity contribution in [1.82, 2.24) is 4.90 Å². The van der Waals surface area contributed by atoms with Gasteiger partial charge in [0.05, 0.1) is 17.6 Å². The molecule has 0 bridgehead atoms. The smallest absolute Gasteiger partial charge is 0.303 e. The Morgan fingerprint density at radius 3 is 2.27 bits per heavy atom. The Hall–Kier alpha value is -2.15. The van der Waals surface area contributed by atoms with Gasteiger partial charge in [-0.25, -0.2) is 4.58 Å². The van der Waals surface area contributed by atoms with Crippen molar-refractivity contribution >= 4 is 17.7 Å². The number of carboxylic acid groups (broad SMARTS) is 2. The molecule has 0 aromatic carbocycles. The first-order valence-corrected chi connectivity index (χ1v) is 15.9. The predicted octanol–water partition coefficient (Wildman–Crippen LogP) is 5.10. The van der Waals surface area contributed by atoms with Crippen LogP contribution in [0.4, 0.5) is 0 Å². The maximum absolute atomic E-state index is 11.5. The minimum Gasteiger partial charge on any atom is -0.481 e. The molecule has 7 nitrogen and oxygen atoms in total. The Morgan fingerprint density at radius 2 is 1.57 bits per heavy atom. The number of aliphatic carboxylic acids is 2. The van der Waals surface area contributed by atoms with Gasteiger partial charge in [-0.1, -0.05) is 13.8 Å². The van der Waals surface area contributed by atoms with Gasteiger partial charge in [0.2, 0.25) is 0 Å². The van der Waals surface area contributed by atoms with Crippen molar-refractivity contribution in [2.24, 2.45) is 34.5 Å². The highest BCUT2D eigenvalue weighted by molar-refractivity contribution is 6.03. The van der Waals surface area contributed by atoms with E-state index < -0.39 is 11.9 Å². The molecule has 1 saturated heterocycles. The Labute approximate surface area is 238 Å². The zero-order valence-electron chi connectivity index (χ0n) is 24.7. The molecule has 8 atom stereocenters. The molecule has 0 aromatic rings. The maximum atomic E-state index is 11.5. The van der Waals surface area contributed by atoms with Crippen molar-refractivity contribution in [1.29, 1.82) is 0 Å². The lowest BCUT2D eigenvalue weighted by Gasteiger charge is -2.43. The van der Waals surface area contributed by atoms with E-state index in [1.54, 1.807) is 0 Å². The first-order valence-electron chi connectivity index (χ1n) is 15.9. The molecule has 7 rings (SSSR count). The van der Waals surface area contributed by atoms with Gasteiger partial charge in [-0.15, -0.1) is 0 Å². The maximum Gasteiger partial charge on any atom is 0.303 e. The van der Waals surface area contributed by atoms with E-state index in [4.69, 9.17) is 4.74 Å². The van der Waals surface area contributed by atoms with Crippen LogP contribution in [0.5, 0.6) is 0 Å².